The molecule has 18 heavy (non-hydrogen) atoms. The number of benzene rings is 1. The standard InChI is InChI=1S/C14H15NO3/c1-4-18-14(16)12(9-15)7-11-5-10(2)6-13(8-11)17-3/h5-8H,4H2,1-3H3. The van der Waals surface area contributed by atoms with Crippen LogP contribution in [-0.2, 0) is 9.53 Å². The summed E-state index contributed by atoms with van der Waals surface area (Å²) in [6, 6.07) is 7.32. The Morgan fingerprint density at radius 3 is 2.72 bits per heavy atom. The van der Waals surface area contributed by atoms with E-state index in [0.717, 1.165) is 11.1 Å². The molecule has 0 fully saturated rings. The Hall–Kier alpha value is -2.28. The maximum Gasteiger partial charge on any atom is 0.348 e. The minimum Gasteiger partial charge on any atom is -0.497 e. The molecule has 0 saturated carbocycles. The summed E-state index contributed by atoms with van der Waals surface area (Å²) in [6.07, 6.45) is 1.49. The van der Waals surface area contributed by atoms with Gasteiger partial charge in [-0.3, -0.25) is 0 Å². The van der Waals surface area contributed by atoms with E-state index in [4.69, 9.17) is 14.7 Å². The van der Waals surface area contributed by atoms with Crippen molar-refractivity contribution in [2.45, 2.75) is 13.8 Å². The SMILES string of the molecule is CCOC(=O)C(C#N)=Cc1cc(C)cc(OC)c1. The van der Waals surface area contributed by atoms with Crippen LogP contribution in [0.25, 0.3) is 6.08 Å². The van der Waals surface area contributed by atoms with Gasteiger partial charge in [-0.1, -0.05) is 6.07 Å². The van der Waals surface area contributed by atoms with Crippen molar-refractivity contribution >= 4 is 12.0 Å². The Bertz CT molecular complexity index is 512. The fourth-order valence-corrected chi connectivity index (χ4v) is 1.49. The fraction of sp³-hybridized carbons (Fsp3) is 0.286. The van der Waals surface area contributed by atoms with Crippen molar-refractivity contribution in [3.05, 3.63) is 34.9 Å². The van der Waals surface area contributed by atoms with Crippen molar-refractivity contribution in [3.63, 3.8) is 0 Å². The lowest BCUT2D eigenvalue weighted by atomic mass is 10.1. The molecule has 0 bridgehead atoms. The molecular weight excluding hydrogens is 230 g/mol. The summed E-state index contributed by atoms with van der Waals surface area (Å²) in [5, 5.41) is 8.93. The van der Waals surface area contributed by atoms with Gasteiger partial charge in [0.2, 0.25) is 0 Å². The summed E-state index contributed by atoms with van der Waals surface area (Å²) in [7, 11) is 1.57. The Labute approximate surface area is 106 Å². The van der Waals surface area contributed by atoms with Crippen LogP contribution in [-0.4, -0.2) is 19.7 Å². The molecule has 1 rings (SSSR count). The van der Waals surface area contributed by atoms with Gasteiger partial charge in [-0.2, -0.15) is 5.26 Å². The minimum atomic E-state index is -0.611. The van der Waals surface area contributed by atoms with Crippen LogP contribution in [0.1, 0.15) is 18.1 Å². The molecule has 0 radical (unpaired) electrons. The molecule has 0 unspecified atom stereocenters. The van der Waals surface area contributed by atoms with Gasteiger partial charge in [0.15, 0.2) is 0 Å². The summed E-state index contributed by atoms with van der Waals surface area (Å²) >= 11 is 0. The van der Waals surface area contributed by atoms with Crippen LogP contribution in [0, 0.1) is 18.3 Å². The molecule has 0 atom stereocenters. The number of ether oxygens (including phenoxy) is 2. The normalized spacial score (nSPS) is 10.7. The molecule has 94 valence electrons. The topological polar surface area (TPSA) is 59.3 Å². The van der Waals surface area contributed by atoms with Crippen LogP contribution >= 0.6 is 0 Å². The summed E-state index contributed by atoms with van der Waals surface area (Å²) < 4.78 is 9.92. The third kappa shape index (κ3) is 3.63. The largest absolute Gasteiger partial charge is 0.497 e. The van der Waals surface area contributed by atoms with E-state index in [1.165, 1.54) is 6.08 Å². The van der Waals surface area contributed by atoms with Gasteiger partial charge in [-0.25, -0.2) is 4.79 Å². The number of esters is 1. The second-order valence-corrected chi connectivity index (χ2v) is 3.67. The van der Waals surface area contributed by atoms with E-state index >= 15 is 0 Å². The van der Waals surface area contributed by atoms with Crippen molar-refractivity contribution in [2.24, 2.45) is 0 Å². The summed E-state index contributed by atoms with van der Waals surface area (Å²) in [5.41, 5.74) is 1.70. The van der Waals surface area contributed by atoms with Crippen molar-refractivity contribution in [1.82, 2.24) is 0 Å². The number of nitrogens with zero attached hydrogens (tertiary/aromatic N) is 1. The molecule has 4 nitrogen and oxygen atoms in total. The predicted molar refractivity (Wildman–Crippen MR) is 68.0 cm³/mol. The highest BCUT2D eigenvalue weighted by Crippen LogP contribution is 2.18. The zero-order valence-corrected chi connectivity index (χ0v) is 10.7. The van der Waals surface area contributed by atoms with Crippen LogP contribution < -0.4 is 4.74 Å². The first-order valence-electron chi connectivity index (χ1n) is 5.55. The van der Waals surface area contributed by atoms with E-state index in [-0.39, 0.29) is 12.2 Å². The highest BCUT2D eigenvalue weighted by Gasteiger charge is 2.10. The predicted octanol–water partition coefficient (Wildman–Crippen LogP) is 2.47. The maximum absolute atomic E-state index is 11.5. The molecule has 4 heteroatoms. The maximum atomic E-state index is 11.5. The average Bonchev–Trinajstić information content (AvgIpc) is 2.35. The first-order valence-corrected chi connectivity index (χ1v) is 5.55. The minimum absolute atomic E-state index is 0.0236. The molecule has 0 amide bonds. The van der Waals surface area contributed by atoms with Gasteiger partial charge in [0, 0.05) is 0 Å². The Kier molecular flexibility index (Phi) is 4.94. The number of nitriles is 1. The number of aryl methyl sites for hydroxylation is 1. The van der Waals surface area contributed by atoms with E-state index in [1.807, 2.05) is 25.1 Å². The van der Waals surface area contributed by atoms with E-state index in [1.54, 1.807) is 20.1 Å². The molecule has 0 N–H and O–H groups in total. The van der Waals surface area contributed by atoms with Crippen LogP contribution in [0.15, 0.2) is 23.8 Å². The molecule has 0 spiro atoms. The molecule has 0 aliphatic heterocycles. The van der Waals surface area contributed by atoms with Gasteiger partial charge in [0.1, 0.15) is 17.4 Å². The Morgan fingerprint density at radius 2 is 2.17 bits per heavy atom. The first kappa shape index (κ1) is 13.8. The zero-order valence-electron chi connectivity index (χ0n) is 10.7. The molecule has 1 aromatic carbocycles. The lowest BCUT2D eigenvalue weighted by Gasteiger charge is -2.04. The first-order chi connectivity index (χ1) is 8.60. The summed E-state index contributed by atoms with van der Waals surface area (Å²) in [5.74, 6) is 0.0721. The van der Waals surface area contributed by atoms with Gasteiger partial charge in [-0.15, -0.1) is 0 Å². The quantitative estimate of drug-likeness (QED) is 0.464. The number of carbonyl (C=O) groups excluding carboxylic acids is 1. The zero-order chi connectivity index (χ0) is 13.5. The molecule has 0 aliphatic carbocycles. The number of methoxy groups -OCH3 is 1. The number of hydrogen-bond acceptors (Lipinski definition) is 4. The fourth-order valence-electron chi connectivity index (χ4n) is 1.49. The van der Waals surface area contributed by atoms with Crippen LogP contribution in [0.3, 0.4) is 0 Å². The Morgan fingerprint density at radius 1 is 1.44 bits per heavy atom. The van der Waals surface area contributed by atoms with Crippen molar-refractivity contribution < 1.29 is 14.3 Å². The average molecular weight is 245 g/mol. The van der Waals surface area contributed by atoms with E-state index in [2.05, 4.69) is 0 Å². The van der Waals surface area contributed by atoms with Crippen molar-refractivity contribution in [1.29, 1.82) is 5.26 Å². The second-order valence-electron chi connectivity index (χ2n) is 3.67. The van der Waals surface area contributed by atoms with Gasteiger partial charge >= 0.3 is 5.97 Å². The third-order valence-electron chi connectivity index (χ3n) is 2.24. The monoisotopic (exact) mass is 245 g/mol. The summed E-state index contributed by atoms with van der Waals surface area (Å²) in [6.45, 7) is 3.86. The van der Waals surface area contributed by atoms with Crippen LogP contribution in [0.4, 0.5) is 0 Å². The molecule has 0 aliphatic rings. The van der Waals surface area contributed by atoms with Gasteiger partial charge in [-0.05, 0) is 43.2 Å². The highest BCUT2D eigenvalue weighted by molar-refractivity contribution is 5.97. The van der Waals surface area contributed by atoms with Crippen LogP contribution in [0.5, 0.6) is 5.75 Å². The van der Waals surface area contributed by atoms with Crippen LogP contribution in [0.2, 0.25) is 0 Å². The number of carbonyl (C=O) groups is 1. The molecule has 0 aromatic heterocycles. The van der Waals surface area contributed by atoms with E-state index < -0.39 is 5.97 Å². The molecule has 1 aromatic rings. The lowest BCUT2D eigenvalue weighted by molar-refractivity contribution is -0.137. The number of hydrogen-bond donors (Lipinski definition) is 0. The molecular formula is C14H15NO3. The van der Waals surface area contributed by atoms with Gasteiger partial charge in [0.25, 0.3) is 0 Å². The van der Waals surface area contributed by atoms with E-state index in [0.29, 0.717) is 5.75 Å². The smallest absolute Gasteiger partial charge is 0.348 e. The summed E-state index contributed by atoms with van der Waals surface area (Å²) in [4.78, 5) is 11.5. The lowest BCUT2D eigenvalue weighted by Crippen LogP contribution is -2.06. The van der Waals surface area contributed by atoms with Gasteiger partial charge < -0.3 is 9.47 Å². The van der Waals surface area contributed by atoms with E-state index in [9.17, 15) is 4.79 Å². The number of rotatable bonds is 4. The molecule has 0 heterocycles. The molecule has 0 saturated heterocycles. The van der Waals surface area contributed by atoms with Crippen molar-refractivity contribution in [3.8, 4) is 11.8 Å². The highest BCUT2D eigenvalue weighted by atomic mass is 16.5. The third-order valence-corrected chi connectivity index (χ3v) is 2.24. The Balaban J connectivity index is 3.10. The second kappa shape index (κ2) is 6.45. The van der Waals surface area contributed by atoms with Gasteiger partial charge in [0.05, 0.1) is 13.7 Å². The van der Waals surface area contributed by atoms with Crippen molar-refractivity contribution in [2.75, 3.05) is 13.7 Å².